The molecule has 0 bridgehead atoms. The Morgan fingerprint density at radius 2 is 2.38 bits per heavy atom. The highest BCUT2D eigenvalue weighted by molar-refractivity contribution is 5.85. The summed E-state index contributed by atoms with van der Waals surface area (Å²) in [4.78, 5) is 11.4. The molecule has 0 aromatic carbocycles. The molecule has 1 heterocycles. The first-order valence-electron chi connectivity index (χ1n) is 5.45. The van der Waals surface area contributed by atoms with Crippen LogP contribution in [0.15, 0.2) is 12.7 Å². The molecular weight excluding hydrogens is 228 g/mol. The number of hydrogen-bond donors (Lipinski definition) is 2. The summed E-state index contributed by atoms with van der Waals surface area (Å²) in [5, 5.41) is 6.00. The van der Waals surface area contributed by atoms with Crippen molar-refractivity contribution in [3.63, 3.8) is 0 Å². The van der Waals surface area contributed by atoms with E-state index in [2.05, 4.69) is 17.2 Å². The van der Waals surface area contributed by atoms with E-state index in [4.69, 9.17) is 4.74 Å². The highest BCUT2D eigenvalue weighted by Gasteiger charge is 2.17. The highest BCUT2D eigenvalue weighted by atomic mass is 35.5. The molecular formula is C11H21ClN2O2. The number of amides is 1. The van der Waals surface area contributed by atoms with Crippen LogP contribution in [0.3, 0.4) is 0 Å². The lowest BCUT2D eigenvalue weighted by Gasteiger charge is -2.27. The number of halogens is 1. The fraction of sp³-hybridized carbons (Fsp3) is 0.727. The van der Waals surface area contributed by atoms with E-state index >= 15 is 0 Å². The first-order chi connectivity index (χ1) is 7.22. The number of hydrogen-bond acceptors (Lipinski definition) is 3. The summed E-state index contributed by atoms with van der Waals surface area (Å²) in [7, 11) is 0. The van der Waals surface area contributed by atoms with Gasteiger partial charge < -0.3 is 15.4 Å². The molecule has 0 aliphatic carbocycles. The molecule has 5 heteroatoms. The SMILES string of the molecule is C=CCC(C)NC(=O)CCOC1CNC1.Cl. The average molecular weight is 249 g/mol. The van der Waals surface area contributed by atoms with Crippen LogP contribution in [0.4, 0.5) is 0 Å². The van der Waals surface area contributed by atoms with Crippen LogP contribution in [0, 0.1) is 0 Å². The van der Waals surface area contributed by atoms with Crippen molar-refractivity contribution < 1.29 is 9.53 Å². The van der Waals surface area contributed by atoms with Crippen LogP contribution in [0.2, 0.25) is 0 Å². The van der Waals surface area contributed by atoms with E-state index in [1.54, 1.807) is 0 Å². The molecule has 1 amide bonds. The highest BCUT2D eigenvalue weighted by Crippen LogP contribution is 1.99. The fourth-order valence-corrected chi connectivity index (χ4v) is 1.35. The molecule has 1 fully saturated rings. The minimum absolute atomic E-state index is 0. The van der Waals surface area contributed by atoms with Gasteiger partial charge in [0.25, 0.3) is 0 Å². The summed E-state index contributed by atoms with van der Waals surface area (Å²) < 4.78 is 5.45. The van der Waals surface area contributed by atoms with E-state index in [0.29, 0.717) is 19.1 Å². The van der Waals surface area contributed by atoms with E-state index in [1.165, 1.54) is 0 Å². The van der Waals surface area contributed by atoms with Crippen LogP contribution < -0.4 is 10.6 Å². The number of carbonyl (C=O) groups is 1. The number of rotatable bonds is 7. The predicted molar refractivity (Wildman–Crippen MR) is 66.9 cm³/mol. The first kappa shape index (κ1) is 15.4. The molecule has 0 aromatic rings. The summed E-state index contributed by atoms with van der Waals surface area (Å²) in [6.45, 7) is 7.93. The average Bonchev–Trinajstić information content (AvgIpc) is 2.09. The second kappa shape index (κ2) is 8.56. The molecule has 1 atom stereocenters. The van der Waals surface area contributed by atoms with Crippen molar-refractivity contribution in [2.75, 3.05) is 19.7 Å². The molecule has 1 aliphatic rings. The number of nitrogens with one attached hydrogen (secondary N) is 2. The fourth-order valence-electron chi connectivity index (χ4n) is 1.35. The van der Waals surface area contributed by atoms with Crippen LogP contribution in [0.25, 0.3) is 0 Å². The number of carbonyl (C=O) groups excluding carboxylic acids is 1. The molecule has 0 saturated carbocycles. The number of ether oxygens (including phenoxy) is 1. The Bertz CT molecular complexity index is 220. The Morgan fingerprint density at radius 3 is 2.88 bits per heavy atom. The quantitative estimate of drug-likeness (QED) is 0.658. The van der Waals surface area contributed by atoms with E-state index in [9.17, 15) is 4.79 Å². The van der Waals surface area contributed by atoms with Crippen molar-refractivity contribution in [2.45, 2.75) is 31.9 Å². The Hall–Kier alpha value is -0.580. The van der Waals surface area contributed by atoms with Crippen LogP contribution in [0.1, 0.15) is 19.8 Å². The van der Waals surface area contributed by atoms with Gasteiger partial charge in [-0.05, 0) is 13.3 Å². The Labute approximate surface area is 103 Å². The van der Waals surface area contributed by atoms with Gasteiger partial charge in [0.2, 0.25) is 5.91 Å². The second-order valence-corrected chi connectivity index (χ2v) is 3.89. The molecule has 1 rings (SSSR count). The van der Waals surface area contributed by atoms with Crippen molar-refractivity contribution in [3.8, 4) is 0 Å². The molecule has 16 heavy (non-hydrogen) atoms. The van der Waals surface area contributed by atoms with Gasteiger partial charge in [0.1, 0.15) is 0 Å². The van der Waals surface area contributed by atoms with E-state index in [-0.39, 0.29) is 24.4 Å². The smallest absolute Gasteiger partial charge is 0.222 e. The zero-order valence-corrected chi connectivity index (χ0v) is 10.5. The van der Waals surface area contributed by atoms with Gasteiger partial charge in [-0.3, -0.25) is 4.79 Å². The van der Waals surface area contributed by atoms with Crippen LogP contribution in [-0.2, 0) is 9.53 Å². The van der Waals surface area contributed by atoms with Crippen molar-refractivity contribution in [1.82, 2.24) is 10.6 Å². The molecule has 94 valence electrons. The topological polar surface area (TPSA) is 50.4 Å². The maximum Gasteiger partial charge on any atom is 0.222 e. The normalized spacial score (nSPS) is 16.8. The van der Waals surface area contributed by atoms with Gasteiger partial charge >= 0.3 is 0 Å². The van der Waals surface area contributed by atoms with Gasteiger partial charge in [-0.1, -0.05) is 6.08 Å². The van der Waals surface area contributed by atoms with Crippen LogP contribution in [0.5, 0.6) is 0 Å². The standard InChI is InChI=1S/C11H20N2O2.ClH/c1-3-4-9(2)13-11(14)5-6-15-10-7-12-8-10;/h3,9-10,12H,1,4-8H2,2H3,(H,13,14);1H. The molecule has 0 spiro atoms. The van der Waals surface area contributed by atoms with Crippen molar-refractivity contribution in [2.24, 2.45) is 0 Å². The molecule has 0 radical (unpaired) electrons. The molecule has 2 N–H and O–H groups in total. The van der Waals surface area contributed by atoms with E-state index in [0.717, 1.165) is 19.5 Å². The van der Waals surface area contributed by atoms with Gasteiger partial charge in [0.15, 0.2) is 0 Å². The molecule has 0 aromatic heterocycles. The second-order valence-electron chi connectivity index (χ2n) is 3.89. The summed E-state index contributed by atoms with van der Waals surface area (Å²) >= 11 is 0. The summed E-state index contributed by atoms with van der Waals surface area (Å²) in [6, 6.07) is 0.167. The zero-order valence-electron chi connectivity index (χ0n) is 9.70. The van der Waals surface area contributed by atoms with Gasteiger partial charge in [-0.15, -0.1) is 19.0 Å². The zero-order chi connectivity index (χ0) is 11.1. The third-order valence-corrected chi connectivity index (χ3v) is 2.35. The maximum atomic E-state index is 11.4. The minimum Gasteiger partial charge on any atom is -0.375 e. The van der Waals surface area contributed by atoms with Crippen molar-refractivity contribution >= 4 is 18.3 Å². The third kappa shape index (κ3) is 6.10. The lowest BCUT2D eigenvalue weighted by atomic mass is 10.2. The summed E-state index contributed by atoms with van der Waals surface area (Å²) in [6.07, 6.45) is 3.36. The van der Waals surface area contributed by atoms with Gasteiger partial charge in [0.05, 0.1) is 12.7 Å². The van der Waals surface area contributed by atoms with Crippen molar-refractivity contribution in [1.29, 1.82) is 0 Å². The van der Waals surface area contributed by atoms with Gasteiger partial charge in [0, 0.05) is 25.6 Å². The minimum atomic E-state index is 0. The predicted octanol–water partition coefficient (Wildman–Crippen LogP) is 0.867. The summed E-state index contributed by atoms with van der Waals surface area (Å²) in [5.74, 6) is 0.0524. The van der Waals surface area contributed by atoms with Gasteiger partial charge in [-0.25, -0.2) is 0 Å². The monoisotopic (exact) mass is 248 g/mol. The molecule has 1 unspecified atom stereocenters. The first-order valence-corrected chi connectivity index (χ1v) is 5.45. The Balaban J connectivity index is 0.00000225. The lowest BCUT2D eigenvalue weighted by molar-refractivity contribution is -0.123. The summed E-state index contributed by atoms with van der Waals surface area (Å²) in [5.41, 5.74) is 0. The maximum absolute atomic E-state index is 11.4. The lowest BCUT2D eigenvalue weighted by Crippen LogP contribution is -2.48. The largest absolute Gasteiger partial charge is 0.375 e. The van der Waals surface area contributed by atoms with Crippen molar-refractivity contribution in [3.05, 3.63) is 12.7 Å². The van der Waals surface area contributed by atoms with E-state index in [1.807, 2.05) is 13.0 Å². The molecule has 4 nitrogen and oxygen atoms in total. The van der Waals surface area contributed by atoms with Crippen LogP contribution >= 0.6 is 12.4 Å². The van der Waals surface area contributed by atoms with Gasteiger partial charge in [-0.2, -0.15) is 0 Å². The van der Waals surface area contributed by atoms with Crippen LogP contribution in [-0.4, -0.2) is 37.7 Å². The van der Waals surface area contributed by atoms with E-state index < -0.39 is 0 Å². The third-order valence-electron chi connectivity index (χ3n) is 2.35. The Morgan fingerprint density at radius 1 is 1.69 bits per heavy atom. The molecule has 1 saturated heterocycles. The Kier molecular flexibility index (Phi) is 8.25. The molecule has 1 aliphatic heterocycles.